The first kappa shape index (κ1) is 22.1. The smallest absolute Gasteiger partial charge is 0.343 e. The van der Waals surface area contributed by atoms with Crippen molar-refractivity contribution in [2.24, 2.45) is 0 Å². The van der Waals surface area contributed by atoms with Crippen LogP contribution < -0.4 is 10.1 Å². The molecule has 1 amide bonds. The molecule has 0 unspecified atom stereocenters. The van der Waals surface area contributed by atoms with Crippen LogP contribution in [0.15, 0.2) is 50.4 Å². The Balaban J connectivity index is 1.79. The first-order chi connectivity index (χ1) is 14.2. The number of carbonyl (C=O) groups excluding carboxylic acids is 2. The van der Waals surface area contributed by atoms with Crippen LogP contribution in [0.4, 0.5) is 14.5 Å². The summed E-state index contributed by atoms with van der Waals surface area (Å²) in [4.78, 5) is 35.9. The highest BCUT2D eigenvalue weighted by atomic mass is 79.9. The third kappa shape index (κ3) is 4.76. The fourth-order valence-corrected chi connectivity index (χ4v) is 4.29. The van der Waals surface area contributed by atoms with E-state index in [2.05, 4.69) is 37.2 Å². The molecule has 0 aliphatic heterocycles. The quantitative estimate of drug-likeness (QED) is 0.398. The van der Waals surface area contributed by atoms with Crippen LogP contribution in [0.1, 0.15) is 29.6 Å². The Hall–Kier alpha value is -2.59. The van der Waals surface area contributed by atoms with Gasteiger partial charge in [0.05, 0.1) is 14.5 Å². The Kier molecular flexibility index (Phi) is 6.67. The van der Waals surface area contributed by atoms with Crippen LogP contribution in [0.5, 0.6) is 5.75 Å². The van der Waals surface area contributed by atoms with Crippen LogP contribution >= 0.6 is 31.9 Å². The van der Waals surface area contributed by atoms with Gasteiger partial charge >= 0.3 is 11.9 Å². The van der Waals surface area contributed by atoms with Crippen molar-refractivity contribution in [3.8, 4) is 5.75 Å². The molecule has 3 rings (SSSR count). The molecule has 2 aromatic rings. The molecule has 1 aliphatic carbocycles. The number of carboxylic acid groups (broad SMARTS) is 1. The zero-order chi connectivity index (χ0) is 22.0. The number of esters is 1. The number of nitrogens with one attached hydrogen (secondary N) is 1. The summed E-state index contributed by atoms with van der Waals surface area (Å²) < 4.78 is 32.2. The minimum atomic E-state index is -1.18. The van der Waals surface area contributed by atoms with Gasteiger partial charge in [0.1, 0.15) is 0 Å². The van der Waals surface area contributed by atoms with Crippen molar-refractivity contribution >= 4 is 55.4 Å². The lowest BCUT2D eigenvalue weighted by molar-refractivity contribution is -0.133. The number of hydrogen-bond acceptors (Lipinski definition) is 4. The van der Waals surface area contributed by atoms with Crippen molar-refractivity contribution in [2.45, 2.75) is 19.3 Å². The van der Waals surface area contributed by atoms with E-state index in [-0.39, 0.29) is 22.5 Å². The Morgan fingerprint density at radius 2 is 1.60 bits per heavy atom. The van der Waals surface area contributed by atoms with E-state index in [0.29, 0.717) is 33.9 Å². The Bertz CT molecular complexity index is 1080. The van der Waals surface area contributed by atoms with Crippen LogP contribution in [0.3, 0.4) is 0 Å². The van der Waals surface area contributed by atoms with Gasteiger partial charge in [0.15, 0.2) is 17.4 Å². The summed E-state index contributed by atoms with van der Waals surface area (Å²) in [7, 11) is 0. The van der Waals surface area contributed by atoms with Crippen molar-refractivity contribution in [1.82, 2.24) is 0 Å². The normalized spacial score (nSPS) is 13.3. The van der Waals surface area contributed by atoms with E-state index in [1.807, 2.05) is 0 Å². The van der Waals surface area contributed by atoms with Gasteiger partial charge in [-0.3, -0.25) is 4.79 Å². The second-order valence-corrected chi connectivity index (χ2v) is 8.07. The summed E-state index contributed by atoms with van der Waals surface area (Å²) >= 11 is 6.47. The molecule has 0 heterocycles. The highest BCUT2D eigenvalue weighted by Gasteiger charge is 2.26. The number of amides is 1. The minimum Gasteiger partial charge on any atom is -0.478 e. The second-order valence-electron chi connectivity index (χ2n) is 6.36. The molecule has 0 atom stereocenters. The Labute approximate surface area is 186 Å². The van der Waals surface area contributed by atoms with E-state index < -0.39 is 29.5 Å². The van der Waals surface area contributed by atoms with Crippen molar-refractivity contribution in [3.63, 3.8) is 0 Å². The average molecular weight is 545 g/mol. The largest absolute Gasteiger partial charge is 0.478 e. The number of carboxylic acids is 1. The summed E-state index contributed by atoms with van der Waals surface area (Å²) in [5.74, 6) is -4.74. The highest BCUT2D eigenvalue weighted by Crippen LogP contribution is 2.37. The number of anilines is 1. The molecule has 30 heavy (non-hydrogen) atoms. The molecule has 1 aliphatic rings. The van der Waals surface area contributed by atoms with Crippen LogP contribution in [0, 0.1) is 11.6 Å². The summed E-state index contributed by atoms with van der Waals surface area (Å²) in [5.41, 5.74) is 0.473. The van der Waals surface area contributed by atoms with Gasteiger partial charge in [-0.2, -0.15) is 0 Å². The van der Waals surface area contributed by atoms with E-state index in [0.717, 1.165) is 18.2 Å². The van der Waals surface area contributed by atoms with E-state index in [1.165, 1.54) is 12.1 Å². The molecular formula is C20H13Br2F2NO5. The van der Waals surface area contributed by atoms with E-state index in [1.54, 1.807) is 0 Å². The summed E-state index contributed by atoms with van der Waals surface area (Å²) in [6, 6.07) is 5.56. The van der Waals surface area contributed by atoms with Gasteiger partial charge in [-0.1, -0.05) is 0 Å². The zero-order valence-electron chi connectivity index (χ0n) is 15.1. The molecule has 2 aromatic carbocycles. The number of rotatable bonds is 5. The lowest BCUT2D eigenvalue weighted by Crippen LogP contribution is -2.16. The molecule has 0 aromatic heterocycles. The standard InChI is InChI=1S/C20H13Br2F2NO5/c21-13-7-10(25-18(26)11-2-1-3-12(11)19(27)28)8-14(22)17(13)30-20(29)9-4-5-15(23)16(24)6-9/h4-8H,1-3H2,(H,25,26)(H,27,28). The molecule has 0 radical (unpaired) electrons. The Morgan fingerprint density at radius 1 is 0.967 bits per heavy atom. The van der Waals surface area contributed by atoms with Crippen molar-refractivity contribution < 1.29 is 33.0 Å². The van der Waals surface area contributed by atoms with E-state index in [9.17, 15) is 28.3 Å². The topological polar surface area (TPSA) is 92.7 Å². The summed E-state index contributed by atoms with van der Waals surface area (Å²) in [6.07, 6.45) is 1.31. The second kappa shape index (κ2) is 9.05. The summed E-state index contributed by atoms with van der Waals surface area (Å²) in [5, 5.41) is 11.8. The van der Waals surface area contributed by atoms with Crippen LogP contribution in [-0.2, 0) is 9.59 Å². The molecule has 156 valence electrons. The number of hydrogen-bond donors (Lipinski definition) is 2. The number of ether oxygens (including phenoxy) is 1. The van der Waals surface area contributed by atoms with Crippen molar-refractivity contribution in [1.29, 1.82) is 0 Å². The van der Waals surface area contributed by atoms with Crippen molar-refractivity contribution in [3.05, 3.63) is 67.6 Å². The van der Waals surface area contributed by atoms with E-state index in [4.69, 9.17) is 4.74 Å². The van der Waals surface area contributed by atoms with Gasteiger partial charge in [-0.15, -0.1) is 0 Å². The molecule has 0 spiro atoms. The number of halogens is 4. The molecule has 0 saturated carbocycles. The van der Waals surface area contributed by atoms with Gasteiger partial charge in [0, 0.05) is 16.8 Å². The van der Waals surface area contributed by atoms with Crippen molar-refractivity contribution in [2.75, 3.05) is 5.32 Å². The predicted molar refractivity (Wildman–Crippen MR) is 110 cm³/mol. The predicted octanol–water partition coefficient (Wildman–Crippen LogP) is 5.21. The SMILES string of the molecule is O=C(O)C1=C(C(=O)Nc2cc(Br)c(OC(=O)c3ccc(F)c(F)c3)c(Br)c2)CCC1. The maximum absolute atomic E-state index is 13.3. The lowest BCUT2D eigenvalue weighted by atomic mass is 10.1. The first-order valence-electron chi connectivity index (χ1n) is 8.60. The summed E-state index contributed by atoms with van der Waals surface area (Å²) in [6.45, 7) is 0. The maximum atomic E-state index is 13.3. The molecule has 0 fully saturated rings. The zero-order valence-corrected chi connectivity index (χ0v) is 18.3. The molecular weight excluding hydrogens is 532 g/mol. The van der Waals surface area contributed by atoms with Gasteiger partial charge in [0.25, 0.3) is 5.91 Å². The lowest BCUT2D eigenvalue weighted by Gasteiger charge is -2.12. The monoisotopic (exact) mass is 543 g/mol. The minimum absolute atomic E-state index is 0.0639. The molecule has 10 heteroatoms. The van der Waals surface area contributed by atoms with Gasteiger partial charge in [-0.05, 0) is 81.5 Å². The Morgan fingerprint density at radius 3 is 2.20 bits per heavy atom. The van der Waals surface area contributed by atoms with Gasteiger partial charge < -0.3 is 15.2 Å². The van der Waals surface area contributed by atoms with Gasteiger partial charge in [0.2, 0.25) is 0 Å². The van der Waals surface area contributed by atoms with Gasteiger partial charge in [-0.25, -0.2) is 18.4 Å². The molecule has 6 nitrogen and oxygen atoms in total. The third-order valence-corrected chi connectivity index (χ3v) is 5.53. The number of benzene rings is 2. The van der Waals surface area contributed by atoms with Crippen LogP contribution in [0.25, 0.3) is 0 Å². The average Bonchev–Trinajstić information content (AvgIpc) is 3.17. The highest BCUT2D eigenvalue weighted by molar-refractivity contribution is 9.11. The fourth-order valence-electron chi connectivity index (χ4n) is 2.94. The number of aliphatic carboxylic acids is 1. The third-order valence-electron chi connectivity index (χ3n) is 4.36. The van der Waals surface area contributed by atoms with Crippen LogP contribution in [-0.4, -0.2) is 23.0 Å². The fraction of sp³-hybridized carbons (Fsp3) is 0.150. The number of carbonyl (C=O) groups is 3. The maximum Gasteiger partial charge on any atom is 0.343 e. The van der Waals surface area contributed by atoms with Crippen LogP contribution in [0.2, 0.25) is 0 Å². The molecule has 0 saturated heterocycles. The molecule has 0 bridgehead atoms. The van der Waals surface area contributed by atoms with E-state index >= 15 is 0 Å². The molecule has 2 N–H and O–H groups in total. The first-order valence-corrected chi connectivity index (χ1v) is 10.2.